The molecule has 1 fully saturated rings. The fourth-order valence-electron chi connectivity index (χ4n) is 3.40. The van der Waals surface area contributed by atoms with Gasteiger partial charge in [0.25, 0.3) is 0 Å². The summed E-state index contributed by atoms with van der Waals surface area (Å²) < 4.78 is 5.88. The maximum Gasteiger partial charge on any atom is 0.230 e. The highest BCUT2D eigenvalue weighted by Gasteiger charge is 2.23. The zero-order valence-corrected chi connectivity index (χ0v) is 15.5. The van der Waals surface area contributed by atoms with Gasteiger partial charge in [0.15, 0.2) is 0 Å². The number of anilines is 1. The minimum Gasteiger partial charge on any atom is -0.440 e. The average Bonchev–Trinajstić information content (AvgIpc) is 3.10. The Morgan fingerprint density at radius 3 is 2.26 bits per heavy atom. The van der Waals surface area contributed by atoms with Gasteiger partial charge in [-0.05, 0) is 31.2 Å². The van der Waals surface area contributed by atoms with Crippen LogP contribution >= 0.6 is 0 Å². The second-order valence-electron chi connectivity index (χ2n) is 6.77. The molecule has 1 aliphatic rings. The van der Waals surface area contributed by atoms with Crippen LogP contribution in [0.25, 0.3) is 11.5 Å². The van der Waals surface area contributed by atoms with Gasteiger partial charge in [0.2, 0.25) is 11.8 Å². The first-order valence-electron chi connectivity index (χ1n) is 9.30. The maximum atomic E-state index is 12.7. The number of aromatic nitrogens is 1. The molecule has 5 heteroatoms. The van der Waals surface area contributed by atoms with Crippen molar-refractivity contribution in [3.63, 3.8) is 0 Å². The highest BCUT2D eigenvalue weighted by molar-refractivity contribution is 5.79. The van der Waals surface area contributed by atoms with E-state index < -0.39 is 0 Å². The third-order valence-electron chi connectivity index (χ3n) is 4.98. The number of piperazine rings is 1. The molecule has 1 amide bonds. The number of aryl methyl sites for hydroxylation is 1. The number of carbonyl (C=O) groups excluding carboxylic acids is 1. The molecule has 2 heterocycles. The SMILES string of the molecule is Cc1nc(-c2ccccc2)oc1CC(=O)N1CCN(c2ccccc2)CC1. The Morgan fingerprint density at radius 2 is 1.59 bits per heavy atom. The number of rotatable bonds is 4. The van der Waals surface area contributed by atoms with Gasteiger partial charge in [-0.2, -0.15) is 0 Å². The van der Waals surface area contributed by atoms with E-state index in [4.69, 9.17) is 4.42 Å². The van der Waals surface area contributed by atoms with E-state index in [0.717, 1.165) is 37.4 Å². The summed E-state index contributed by atoms with van der Waals surface area (Å²) in [5.74, 6) is 1.33. The van der Waals surface area contributed by atoms with E-state index in [1.54, 1.807) is 0 Å². The first-order valence-corrected chi connectivity index (χ1v) is 9.30. The quantitative estimate of drug-likeness (QED) is 0.713. The molecular formula is C22H23N3O2. The Balaban J connectivity index is 1.38. The number of amides is 1. The molecule has 0 bridgehead atoms. The van der Waals surface area contributed by atoms with Crippen molar-refractivity contribution >= 4 is 11.6 Å². The van der Waals surface area contributed by atoms with Crippen LogP contribution in [0.3, 0.4) is 0 Å². The zero-order valence-electron chi connectivity index (χ0n) is 15.5. The zero-order chi connectivity index (χ0) is 18.6. The van der Waals surface area contributed by atoms with Crippen LogP contribution in [-0.4, -0.2) is 42.0 Å². The van der Waals surface area contributed by atoms with Crippen molar-refractivity contribution in [2.24, 2.45) is 0 Å². The van der Waals surface area contributed by atoms with Crippen LogP contribution < -0.4 is 4.90 Å². The highest BCUT2D eigenvalue weighted by atomic mass is 16.4. The third-order valence-corrected chi connectivity index (χ3v) is 4.98. The standard InChI is InChI=1S/C22H23N3O2/c1-17-20(27-22(23-17)18-8-4-2-5-9-18)16-21(26)25-14-12-24(13-15-25)19-10-6-3-7-11-19/h2-11H,12-16H2,1H3. The molecule has 0 saturated carbocycles. The predicted molar refractivity (Wildman–Crippen MR) is 106 cm³/mol. The molecule has 0 spiro atoms. The second-order valence-corrected chi connectivity index (χ2v) is 6.77. The molecular weight excluding hydrogens is 338 g/mol. The fourth-order valence-corrected chi connectivity index (χ4v) is 3.40. The molecule has 0 radical (unpaired) electrons. The van der Waals surface area contributed by atoms with Gasteiger partial charge in [-0.1, -0.05) is 36.4 Å². The van der Waals surface area contributed by atoms with Gasteiger partial charge in [-0.15, -0.1) is 0 Å². The number of oxazole rings is 1. The lowest BCUT2D eigenvalue weighted by Gasteiger charge is -2.36. The van der Waals surface area contributed by atoms with Crippen LogP contribution in [0.1, 0.15) is 11.5 Å². The van der Waals surface area contributed by atoms with Gasteiger partial charge in [0.05, 0.1) is 12.1 Å². The number of para-hydroxylation sites is 1. The van der Waals surface area contributed by atoms with E-state index in [2.05, 4.69) is 22.0 Å². The van der Waals surface area contributed by atoms with E-state index in [-0.39, 0.29) is 12.3 Å². The first-order chi connectivity index (χ1) is 13.2. The number of nitrogens with zero attached hydrogens (tertiary/aromatic N) is 3. The predicted octanol–water partition coefficient (Wildman–Crippen LogP) is 3.54. The van der Waals surface area contributed by atoms with E-state index in [9.17, 15) is 4.79 Å². The van der Waals surface area contributed by atoms with Crippen molar-refractivity contribution in [3.05, 3.63) is 72.1 Å². The molecule has 0 atom stereocenters. The van der Waals surface area contributed by atoms with Gasteiger partial charge < -0.3 is 14.2 Å². The Bertz CT molecular complexity index is 898. The van der Waals surface area contributed by atoms with Crippen LogP contribution in [0.4, 0.5) is 5.69 Å². The van der Waals surface area contributed by atoms with Crippen molar-refractivity contribution in [2.45, 2.75) is 13.3 Å². The normalized spacial score (nSPS) is 14.4. The molecule has 4 rings (SSSR count). The molecule has 27 heavy (non-hydrogen) atoms. The molecule has 1 aromatic heterocycles. The number of hydrogen-bond donors (Lipinski definition) is 0. The Morgan fingerprint density at radius 1 is 0.963 bits per heavy atom. The summed E-state index contributed by atoms with van der Waals surface area (Å²) in [5.41, 5.74) is 2.92. The molecule has 0 N–H and O–H groups in total. The summed E-state index contributed by atoms with van der Waals surface area (Å²) in [4.78, 5) is 21.5. The molecule has 1 saturated heterocycles. The van der Waals surface area contributed by atoms with Crippen LogP contribution in [0, 0.1) is 6.92 Å². The van der Waals surface area contributed by atoms with Crippen LogP contribution in [0.5, 0.6) is 0 Å². The number of benzene rings is 2. The minimum atomic E-state index is 0.0987. The third kappa shape index (κ3) is 3.87. The lowest BCUT2D eigenvalue weighted by atomic mass is 10.2. The van der Waals surface area contributed by atoms with Crippen LogP contribution in [-0.2, 0) is 11.2 Å². The molecule has 0 unspecified atom stereocenters. The van der Waals surface area contributed by atoms with E-state index in [1.807, 2.05) is 60.4 Å². The molecule has 1 aliphatic heterocycles. The van der Waals surface area contributed by atoms with E-state index in [1.165, 1.54) is 5.69 Å². The summed E-state index contributed by atoms with van der Waals surface area (Å²) in [7, 11) is 0. The van der Waals surface area contributed by atoms with Crippen molar-refractivity contribution < 1.29 is 9.21 Å². The summed E-state index contributed by atoms with van der Waals surface area (Å²) >= 11 is 0. The van der Waals surface area contributed by atoms with Gasteiger partial charge >= 0.3 is 0 Å². The topological polar surface area (TPSA) is 49.6 Å². The van der Waals surface area contributed by atoms with Gasteiger partial charge in [-0.3, -0.25) is 4.79 Å². The van der Waals surface area contributed by atoms with Crippen molar-refractivity contribution in [3.8, 4) is 11.5 Å². The number of hydrogen-bond acceptors (Lipinski definition) is 4. The van der Waals surface area contributed by atoms with Gasteiger partial charge in [-0.25, -0.2) is 4.98 Å². The van der Waals surface area contributed by atoms with Crippen LogP contribution in [0.2, 0.25) is 0 Å². The second kappa shape index (κ2) is 7.66. The van der Waals surface area contributed by atoms with Crippen molar-refractivity contribution in [2.75, 3.05) is 31.1 Å². The van der Waals surface area contributed by atoms with Gasteiger partial charge in [0, 0.05) is 37.4 Å². The molecule has 5 nitrogen and oxygen atoms in total. The lowest BCUT2D eigenvalue weighted by Crippen LogP contribution is -2.49. The fraction of sp³-hybridized carbons (Fsp3) is 0.273. The number of carbonyl (C=O) groups is 1. The van der Waals surface area contributed by atoms with Crippen molar-refractivity contribution in [1.29, 1.82) is 0 Å². The summed E-state index contributed by atoms with van der Waals surface area (Å²) in [5, 5.41) is 0. The Hall–Kier alpha value is -3.08. The van der Waals surface area contributed by atoms with Crippen molar-refractivity contribution in [1.82, 2.24) is 9.88 Å². The average molecular weight is 361 g/mol. The monoisotopic (exact) mass is 361 g/mol. The summed E-state index contributed by atoms with van der Waals surface area (Å²) in [6.07, 6.45) is 0.261. The van der Waals surface area contributed by atoms with Crippen LogP contribution in [0.15, 0.2) is 65.1 Å². The van der Waals surface area contributed by atoms with Gasteiger partial charge in [0.1, 0.15) is 5.76 Å². The first kappa shape index (κ1) is 17.3. The van der Waals surface area contributed by atoms with E-state index in [0.29, 0.717) is 11.7 Å². The summed E-state index contributed by atoms with van der Waals surface area (Å²) in [6, 6.07) is 20.1. The molecule has 138 valence electrons. The Labute approximate surface area is 159 Å². The largest absolute Gasteiger partial charge is 0.440 e. The van der Waals surface area contributed by atoms with E-state index >= 15 is 0 Å². The molecule has 3 aromatic rings. The maximum absolute atomic E-state index is 12.7. The highest BCUT2D eigenvalue weighted by Crippen LogP contribution is 2.22. The Kier molecular flexibility index (Phi) is 4.92. The molecule has 0 aliphatic carbocycles. The minimum absolute atomic E-state index is 0.0987. The smallest absolute Gasteiger partial charge is 0.230 e. The molecule has 2 aromatic carbocycles. The lowest BCUT2D eigenvalue weighted by molar-refractivity contribution is -0.131. The summed E-state index contributed by atoms with van der Waals surface area (Å²) in [6.45, 7) is 5.05.